The summed E-state index contributed by atoms with van der Waals surface area (Å²) < 4.78 is 15.3. The molecule has 1 aromatic carbocycles. The molecular formula is C12H7BrFNO3S. The highest BCUT2D eigenvalue weighted by molar-refractivity contribution is 9.10. The summed E-state index contributed by atoms with van der Waals surface area (Å²) in [5.74, 6) is -1.15. The zero-order chi connectivity index (χ0) is 13.7. The molecule has 0 spiro atoms. The van der Waals surface area contributed by atoms with Crippen LogP contribution in [0.15, 0.2) is 26.4 Å². The van der Waals surface area contributed by atoms with E-state index >= 15 is 0 Å². The van der Waals surface area contributed by atoms with Gasteiger partial charge in [0.1, 0.15) is 11.4 Å². The number of thioether (sulfide) groups is 1. The number of aromatic carboxylic acids is 1. The maximum absolute atomic E-state index is 13.6. The number of carboxylic acid groups (broad SMARTS) is 1. The minimum atomic E-state index is -1.28. The highest BCUT2D eigenvalue weighted by Crippen LogP contribution is 2.34. The van der Waals surface area contributed by atoms with Gasteiger partial charge in [0.2, 0.25) is 5.43 Å². The van der Waals surface area contributed by atoms with Crippen molar-refractivity contribution in [3.63, 3.8) is 0 Å². The molecule has 1 aliphatic heterocycles. The van der Waals surface area contributed by atoms with Crippen LogP contribution in [0.1, 0.15) is 10.4 Å². The van der Waals surface area contributed by atoms with E-state index in [4.69, 9.17) is 0 Å². The van der Waals surface area contributed by atoms with E-state index in [-0.39, 0.29) is 15.4 Å². The van der Waals surface area contributed by atoms with Gasteiger partial charge in [-0.25, -0.2) is 9.18 Å². The van der Waals surface area contributed by atoms with Crippen LogP contribution in [-0.4, -0.2) is 21.4 Å². The van der Waals surface area contributed by atoms with E-state index in [0.29, 0.717) is 22.8 Å². The van der Waals surface area contributed by atoms with Crippen molar-refractivity contribution in [1.29, 1.82) is 0 Å². The smallest absolute Gasteiger partial charge is 0.342 e. The maximum Gasteiger partial charge on any atom is 0.342 e. The highest BCUT2D eigenvalue weighted by Gasteiger charge is 2.27. The first-order chi connectivity index (χ1) is 9.02. The molecule has 0 atom stereocenters. The zero-order valence-corrected chi connectivity index (χ0v) is 11.8. The maximum atomic E-state index is 13.6. The van der Waals surface area contributed by atoms with E-state index in [1.807, 2.05) is 0 Å². The van der Waals surface area contributed by atoms with E-state index in [9.17, 15) is 19.1 Å². The van der Waals surface area contributed by atoms with Crippen molar-refractivity contribution in [3.05, 3.63) is 38.2 Å². The molecule has 1 aliphatic rings. The largest absolute Gasteiger partial charge is 0.477 e. The predicted molar refractivity (Wildman–Crippen MR) is 73.5 cm³/mol. The Hall–Kier alpha value is -1.34. The molecule has 0 radical (unpaired) electrons. The molecule has 3 rings (SSSR count). The molecule has 0 aliphatic carbocycles. The normalized spacial score (nSPS) is 13.8. The Morgan fingerprint density at radius 1 is 1.47 bits per heavy atom. The minimum absolute atomic E-state index is 0.0182. The number of carboxylic acids is 1. The molecule has 0 amide bonds. The second kappa shape index (κ2) is 4.35. The molecule has 2 heterocycles. The monoisotopic (exact) mass is 343 g/mol. The van der Waals surface area contributed by atoms with Crippen LogP contribution in [-0.2, 0) is 6.54 Å². The minimum Gasteiger partial charge on any atom is -0.477 e. The lowest BCUT2D eigenvalue weighted by molar-refractivity contribution is 0.0690. The summed E-state index contributed by atoms with van der Waals surface area (Å²) in [5, 5.41) is 9.75. The summed E-state index contributed by atoms with van der Waals surface area (Å²) in [6.45, 7) is 0.606. The van der Waals surface area contributed by atoms with Crippen molar-refractivity contribution in [3.8, 4) is 0 Å². The summed E-state index contributed by atoms with van der Waals surface area (Å²) >= 11 is 4.37. The quantitative estimate of drug-likeness (QED) is 0.864. The van der Waals surface area contributed by atoms with Gasteiger partial charge in [-0.15, -0.1) is 11.8 Å². The first-order valence-corrected chi connectivity index (χ1v) is 7.21. The number of nitrogens with zero attached hydrogens (tertiary/aromatic N) is 1. The average molecular weight is 344 g/mol. The van der Waals surface area contributed by atoms with Crippen molar-refractivity contribution >= 4 is 44.6 Å². The van der Waals surface area contributed by atoms with Gasteiger partial charge >= 0.3 is 5.97 Å². The van der Waals surface area contributed by atoms with Crippen molar-refractivity contribution in [2.75, 3.05) is 5.75 Å². The van der Waals surface area contributed by atoms with Crippen LogP contribution in [0, 0.1) is 5.82 Å². The Labute approximate surface area is 119 Å². The highest BCUT2D eigenvalue weighted by atomic mass is 79.9. The molecule has 19 heavy (non-hydrogen) atoms. The van der Waals surface area contributed by atoms with E-state index in [0.717, 1.165) is 0 Å². The first kappa shape index (κ1) is 12.7. The Kier molecular flexibility index (Phi) is 2.90. The van der Waals surface area contributed by atoms with Gasteiger partial charge in [-0.05, 0) is 28.1 Å². The van der Waals surface area contributed by atoms with Gasteiger partial charge in [0, 0.05) is 12.3 Å². The average Bonchev–Trinajstić information content (AvgIpc) is 2.81. The lowest BCUT2D eigenvalue weighted by Gasteiger charge is -2.12. The molecule has 2 aromatic rings. The van der Waals surface area contributed by atoms with Crippen LogP contribution >= 0.6 is 27.7 Å². The predicted octanol–water partition coefficient (Wildman–Crippen LogP) is 2.71. The zero-order valence-electron chi connectivity index (χ0n) is 9.44. The van der Waals surface area contributed by atoms with Gasteiger partial charge in [-0.2, -0.15) is 0 Å². The molecule has 1 N–H and O–H groups in total. The number of pyridine rings is 1. The summed E-state index contributed by atoms with van der Waals surface area (Å²) in [4.78, 5) is 23.6. The Balaban J connectivity index is 2.60. The van der Waals surface area contributed by atoms with Crippen LogP contribution in [0.3, 0.4) is 0 Å². The number of carbonyl (C=O) groups is 1. The molecule has 0 saturated heterocycles. The van der Waals surface area contributed by atoms with Crippen LogP contribution in [0.25, 0.3) is 10.9 Å². The van der Waals surface area contributed by atoms with E-state index in [1.165, 1.54) is 23.9 Å². The van der Waals surface area contributed by atoms with Crippen LogP contribution in [0.5, 0.6) is 0 Å². The molecule has 4 nitrogen and oxygen atoms in total. The molecule has 98 valence electrons. The van der Waals surface area contributed by atoms with Crippen LogP contribution < -0.4 is 5.43 Å². The second-order valence-electron chi connectivity index (χ2n) is 4.07. The van der Waals surface area contributed by atoms with Gasteiger partial charge < -0.3 is 9.67 Å². The Morgan fingerprint density at radius 3 is 2.89 bits per heavy atom. The number of rotatable bonds is 1. The van der Waals surface area contributed by atoms with Crippen molar-refractivity contribution in [2.45, 2.75) is 11.6 Å². The number of benzene rings is 1. The van der Waals surface area contributed by atoms with Crippen LogP contribution in [0.4, 0.5) is 4.39 Å². The number of hydrogen-bond acceptors (Lipinski definition) is 3. The number of halogens is 2. The number of fused-ring (bicyclic) bond motifs is 3. The van der Waals surface area contributed by atoms with Gasteiger partial charge in [-0.1, -0.05) is 0 Å². The second-order valence-corrected chi connectivity index (χ2v) is 5.95. The third-order valence-corrected chi connectivity index (χ3v) is 4.90. The molecule has 0 bridgehead atoms. The molecule has 1 aromatic heterocycles. The molecule has 0 unspecified atom stereocenters. The van der Waals surface area contributed by atoms with Crippen molar-refractivity contribution in [2.24, 2.45) is 0 Å². The topological polar surface area (TPSA) is 59.3 Å². The standard InChI is InChI=1S/C12H7BrFNO3S/c13-9-5(14)1-2-6-7(9)10(16)8(12(17)18)11-15(6)3-4-19-11/h1-2H,3-4H2,(H,17,18). The Morgan fingerprint density at radius 2 is 2.21 bits per heavy atom. The lowest BCUT2D eigenvalue weighted by Crippen LogP contribution is -2.20. The van der Waals surface area contributed by atoms with Gasteiger partial charge in [0.15, 0.2) is 0 Å². The van der Waals surface area contributed by atoms with Gasteiger partial charge in [0.25, 0.3) is 0 Å². The Bertz CT molecular complexity index is 787. The lowest BCUT2D eigenvalue weighted by atomic mass is 10.1. The molecule has 7 heteroatoms. The third-order valence-electron chi connectivity index (χ3n) is 3.04. The van der Waals surface area contributed by atoms with Crippen molar-refractivity contribution in [1.82, 2.24) is 4.57 Å². The molecular weight excluding hydrogens is 337 g/mol. The van der Waals surface area contributed by atoms with Crippen LogP contribution in [0.2, 0.25) is 0 Å². The van der Waals surface area contributed by atoms with Gasteiger partial charge in [0.05, 0.1) is 20.4 Å². The number of hydrogen-bond donors (Lipinski definition) is 1. The third kappa shape index (κ3) is 1.72. The first-order valence-electron chi connectivity index (χ1n) is 5.43. The number of aryl methyl sites for hydroxylation is 1. The molecule has 0 saturated carbocycles. The van der Waals surface area contributed by atoms with Gasteiger partial charge in [-0.3, -0.25) is 4.79 Å². The summed E-state index contributed by atoms with van der Waals surface area (Å²) in [6.07, 6.45) is 0. The summed E-state index contributed by atoms with van der Waals surface area (Å²) in [7, 11) is 0. The fourth-order valence-electron chi connectivity index (χ4n) is 2.24. The molecule has 0 fully saturated rings. The van der Waals surface area contributed by atoms with E-state index in [2.05, 4.69) is 15.9 Å². The summed E-state index contributed by atoms with van der Waals surface area (Å²) in [6, 6.07) is 2.78. The van der Waals surface area contributed by atoms with E-state index < -0.39 is 17.2 Å². The fourth-order valence-corrected chi connectivity index (χ4v) is 3.89. The van der Waals surface area contributed by atoms with E-state index in [1.54, 1.807) is 4.57 Å². The summed E-state index contributed by atoms with van der Waals surface area (Å²) in [5.41, 5.74) is -0.362. The fraction of sp³-hybridized carbons (Fsp3) is 0.167. The SMILES string of the molecule is O=C(O)c1c2n(c3ccc(F)c(Br)c3c1=O)CCS2. The number of aromatic nitrogens is 1. The van der Waals surface area contributed by atoms with Crippen molar-refractivity contribution < 1.29 is 14.3 Å².